The molecule has 0 aliphatic carbocycles. The first-order valence-electron chi connectivity index (χ1n) is 10.4. The molecule has 2 N–H and O–H groups in total. The van der Waals surface area contributed by atoms with E-state index in [0.717, 1.165) is 5.56 Å². The van der Waals surface area contributed by atoms with Gasteiger partial charge in [-0.3, -0.25) is 9.59 Å². The molecule has 160 valence electrons. The van der Waals surface area contributed by atoms with E-state index >= 15 is 0 Å². The van der Waals surface area contributed by atoms with Gasteiger partial charge in [0.05, 0.1) is 5.56 Å². The van der Waals surface area contributed by atoms with Crippen LogP contribution in [0.2, 0.25) is 0 Å². The van der Waals surface area contributed by atoms with Gasteiger partial charge in [-0.05, 0) is 61.1 Å². The van der Waals surface area contributed by atoms with Crippen molar-refractivity contribution < 1.29 is 19.4 Å². The summed E-state index contributed by atoms with van der Waals surface area (Å²) in [6.07, 6.45) is 1.35. The van der Waals surface area contributed by atoms with E-state index in [-0.39, 0.29) is 30.2 Å². The third-order valence-electron chi connectivity index (χ3n) is 5.51. The van der Waals surface area contributed by atoms with E-state index in [1.165, 1.54) is 11.6 Å². The molecule has 6 nitrogen and oxygen atoms in total. The molecule has 1 heterocycles. The minimum atomic E-state index is -0.179. The Hall–Kier alpha value is -3.02. The van der Waals surface area contributed by atoms with Crippen molar-refractivity contribution in [3.63, 3.8) is 0 Å². The highest BCUT2D eigenvalue weighted by atomic mass is 16.5. The van der Waals surface area contributed by atoms with Crippen molar-refractivity contribution in [2.75, 3.05) is 19.7 Å². The summed E-state index contributed by atoms with van der Waals surface area (Å²) < 4.78 is 5.65. The Morgan fingerprint density at radius 2 is 1.87 bits per heavy atom. The highest BCUT2D eigenvalue weighted by Crippen LogP contribution is 2.24. The maximum Gasteiger partial charge on any atom is 0.258 e. The summed E-state index contributed by atoms with van der Waals surface area (Å²) in [7, 11) is 0. The summed E-state index contributed by atoms with van der Waals surface area (Å²) >= 11 is 0. The Bertz CT molecular complexity index is 902. The maximum absolute atomic E-state index is 12.6. The van der Waals surface area contributed by atoms with Crippen LogP contribution in [-0.4, -0.2) is 47.6 Å². The van der Waals surface area contributed by atoms with E-state index in [9.17, 15) is 14.7 Å². The van der Waals surface area contributed by atoms with E-state index in [4.69, 9.17) is 4.74 Å². The molecule has 1 fully saturated rings. The van der Waals surface area contributed by atoms with Crippen LogP contribution in [0.5, 0.6) is 11.5 Å². The Balaban J connectivity index is 1.45. The SMILES string of the molecule is Cc1cc(OCC(=O)NC2CCN(C(=O)c3ccccc3O)CC2)ccc1C(C)C. The molecule has 0 saturated carbocycles. The molecule has 0 spiro atoms. The molecule has 1 aliphatic heterocycles. The molecule has 3 rings (SSSR count). The van der Waals surface area contributed by atoms with Gasteiger partial charge in [0.2, 0.25) is 0 Å². The fourth-order valence-electron chi connectivity index (χ4n) is 3.86. The van der Waals surface area contributed by atoms with Crippen molar-refractivity contribution >= 4 is 11.8 Å². The number of likely N-dealkylation sites (tertiary alicyclic amines) is 1. The Kier molecular flexibility index (Phi) is 6.98. The van der Waals surface area contributed by atoms with Gasteiger partial charge in [-0.1, -0.05) is 32.0 Å². The number of ether oxygens (including phenoxy) is 1. The fraction of sp³-hybridized carbons (Fsp3) is 0.417. The second kappa shape index (κ2) is 9.65. The second-order valence-electron chi connectivity index (χ2n) is 8.11. The zero-order chi connectivity index (χ0) is 21.7. The first kappa shape index (κ1) is 21.7. The number of carbonyl (C=O) groups excluding carboxylic acids is 2. The van der Waals surface area contributed by atoms with Gasteiger partial charge in [-0.25, -0.2) is 0 Å². The Labute approximate surface area is 177 Å². The number of phenolic OH excluding ortho intramolecular Hbond substituents is 1. The quantitative estimate of drug-likeness (QED) is 0.762. The van der Waals surface area contributed by atoms with E-state index < -0.39 is 0 Å². The van der Waals surface area contributed by atoms with E-state index in [0.29, 0.717) is 43.2 Å². The van der Waals surface area contributed by atoms with Crippen LogP contribution < -0.4 is 10.1 Å². The largest absolute Gasteiger partial charge is 0.507 e. The number of amides is 2. The van der Waals surface area contributed by atoms with Crippen LogP contribution in [0.3, 0.4) is 0 Å². The predicted octanol–water partition coefficient (Wildman–Crippen LogP) is 3.62. The molecule has 1 aliphatic rings. The van der Waals surface area contributed by atoms with Gasteiger partial charge in [-0.15, -0.1) is 0 Å². The number of rotatable bonds is 6. The topological polar surface area (TPSA) is 78.9 Å². The number of para-hydroxylation sites is 1. The number of hydrogen-bond donors (Lipinski definition) is 2. The zero-order valence-corrected chi connectivity index (χ0v) is 17.9. The number of nitrogens with zero attached hydrogens (tertiary/aromatic N) is 1. The van der Waals surface area contributed by atoms with E-state index in [2.05, 4.69) is 19.2 Å². The first-order chi connectivity index (χ1) is 14.3. The lowest BCUT2D eigenvalue weighted by molar-refractivity contribution is -0.124. The lowest BCUT2D eigenvalue weighted by Gasteiger charge is -2.32. The van der Waals surface area contributed by atoms with Crippen molar-refractivity contribution in [1.29, 1.82) is 0 Å². The number of nitrogens with one attached hydrogen (secondary N) is 1. The molecule has 30 heavy (non-hydrogen) atoms. The summed E-state index contributed by atoms with van der Waals surface area (Å²) in [5, 5.41) is 12.9. The van der Waals surface area contributed by atoms with Gasteiger partial charge in [0.15, 0.2) is 6.61 Å². The average molecular weight is 411 g/mol. The molecule has 0 atom stereocenters. The maximum atomic E-state index is 12.6. The van der Waals surface area contributed by atoms with Crippen LogP contribution in [0.4, 0.5) is 0 Å². The van der Waals surface area contributed by atoms with Crippen LogP contribution in [0.25, 0.3) is 0 Å². The number of aromatic hydroxyl groups is 1. The third-order valence-corrected chi connectivity index (χ3v) is 5.51. The normalized spacial score (nSPS) is 14.6. The van der Waals surface area contributed by atoms with Gasteiger partial charge in [-0.2, -0.15) is 0 Å². The fourth-order valence-corrected chi connectivity index (χ4v) is 3.86. The van der Waals surface area contributed by atoms with Gasteiger partial charge < -0.3 is 20.1 Å². The highest BCUT2D eigenvalue weighted by molar-refractivity contribution is 5.96. The summed E-state index contributed by atoms with van der Waals surface area (Å²) in [4.78, 5) is 26.6. The number of benzene rings is 2. The smallest absolute Gasteiger partial charge is 0.258 e. The van der Waals surface area contributed by atoms with Crippen molar-refractivity contribution in [1.82, 2.24) is 10.2 Å². The summed E-state index contributed by atoms with van der Waals surface area (Å²) in [5.74, 6) is 0.792. The lowest BCUT2D eigenvalue weighted by atomic mass is 9.98. The molecule has 2 amide bonds. The van der Waals surface area contributed by atoms with Gasteiger partial charge in [0, 0.05) is 19.1 Å². The van der Waals surface area contributed by atoms with Gasteiger partial charge in [0.1, 0.15) is 11.5 Å². The monoisotopic (exact) mass is 410 g/mol. The number of aryl methyl sites for hydroxylation is 1. The second-order valence-corrected chi connectivity index (χ2v) is 8.11. The number of phenols is 1. The number of carbonyl (C=O) groups is 2. The highest BCUT2D eigenvalue weighted by Gasteiger charge is 2.25. The van der Waals surface area contributed by atoms with Crippen LogP contribution >= 0.6 is 0 Å². The van der Waals surface area contributed by atoms with Crippen molar-refractivity contribution in [2.24, 2.45) is 0 Å². The minimum absolute atomic E-state index is 0.00765. The molecule has 0 unspecified atom stereocenters. The third kappa shape index (κ3) is 5.32. The molecule has 0 aromatic heterocycles. The molecular weight excluding hydrogens is 380 g/mol. The molecule has 0 radical (unpaired) electrons. The summed E-state index contributed by atoms with van der Waals surface area (Å²) in [6, 6.07) is 12.5. The van der Waals surface area contributed by atoms with Crippen LogP contribution in [0.1, 0.15) is 54.1 Å². The number of piperidine rings is 1. The average Bonchev–Trinajstić information content (AvgIpc) is 2.72. The molecule has 1 saturated heterocycles. The molecule has 2 aromatic carbocycles. The standard InChI is InChI=1S/C24H30N2O4/c1-16(2)20-9-8-19(14-17(20)3)30-15-23(28)25-18-10-12-26(13-11-18)24(29)21-6-4-5-7-22(21)27/h4-9,14,16,18,27H,10-13,15H2,1-3H3,(H,25,28). The van der Waals surface area contributed by atoms with Crippen LogP contribution in [0.15, 0.2) is 42.5 Å². The van der Waals surface area contributed by atoms with Gasteiger partial charge >= 0.3 is 0 Å². The van der Waals surface area contributed by atoms with E-state index in [1.54, 1.807) is 23.1 Å². The van der Waals surface area contributed by atoms with Crippen molar-refractivity contribution in [2.45, 2.75) is 45.6 Å². The van der Waals surface area contributed by atoms with Gasteiger partial charge in [0.25, 0.3) is 11.8 Å². The van der Waals surface area contributed by atoms with Crippen molar-refractivity contribution in [3.8, 4) is 11.5 Å². The lowest BCUT2D eigenvalue weighted by Crippen LogP contribution is -2.47. The summed E-state index contributed by atoms with van der Waals surface area (Å²) in [5.41, 5.74) is 2.74. The predicted molar refractivity (Wildman–Crippen MR) is 116 cm³/mol. The summed E-state index contributed by atoms with van der Waals surface area (Å²) in [6.45, 7) is 7.39. The zero-order valence-electron chi connectivity index (χ0n) is 17.9. The van der Waals surface area contributed by atoms with Crippen molar-refractivity contribution in [3.05, 3.63) is 59.2 Å². The molecule has 2 aromatic rings. The minimum Gasteiger partial charge on any atom is -0.507 e. The number of hydrogen-bond acceptors (Lipinski definition) is 4. The Morgan fingerprint density at radius 3 is 2.50 bits per heavy atom. The van der Waals surface area contributed by atoms with E-state index in [1.807, 2.05) is 25.1 Å². The molecule has 0 bridgehead atoms. The molecule has 6 heteroatoms. The molecular formula is C24H30N2O4. The Morgan fingerprint density at radius 1 is 1.17 bits per heavy atom. The first-order valence-corrected chi connectivity index (χ1v) is 10.4. The van der Waals surface area contributed by atoms with Crippen LogP contribution in [0, 0.1) is 6.92 Å². The van der Waals surface area contributed by atoms with Crippen LogP contribution in [-0.2, 0) is 4.79 Å².